The smallest absolute Gasteiger partial charge is 0.323 e. The Morgan fingerprint density at radius 1 is 0.623 bits per heavy atom. The maximum absolute atomic E-state index is 16.1. The standard InChI is InChI=1S/C26H29F2NO5.C25H27F2NO5.2CH4/c1-32-22-11-17-10-18(24(30)19(17)12-23(22)33-2)13-26(28)8-9-29(21(14-26)25(31)34-3)15-16-6-4-5-7-20(16)27;1-32-21-10-16-9-17(23(29)18(16)11-22(21)33-2)12-25(27)7-8-28(20(13-25)24(30)31)14-15-5-3-4-6-19(15)26;;/h4-7,11-12,18,21H,8-10,13-15H2,1-3H3;3-6,10-11,17,20H,7-9,12-14H2,1-2H3,(H,30,31);2*1H4. The number of ether oxygens (including phenoxy) is 5. The van der Waals surface area contributed by atoms with Crippen molar-refractivity contribution in [2.45, 2.75) is 103 Å². The van der Waals surface area contributed by atoms with Crippen LogP contribution < -0.4 is 18.9 Å². The Balaban J connectivity index is 0.000000250. The third kappa shape index (κ3) is 11.7. The number of rotatable bonds is 14. The van der Waals surface area contributed by atoms with E-state index in [1.54, 1.807) is 70.5 Å². The van der Waals surface area contributed by atoms with E-state index < -0.39 is 53.0 Å². The first-order valence-electron chi connectivity index (χ1n) is 22.2. The maximum atomic E-state index is 16.1. The SMILES string of the molecule is C.C.COC(=O)C1CC(F)(CC2Cc3cc(OC)c(OC)cc3C2=O)CCN1Cc1ccccc1F.COc1cc2c(cc1OC)C(=O)C(CC1(F)CCN(Cc3ccccc3F)C(C(=O)O)C1)C2. The number of carbonyl (C=O) groups excluding carboxylic acids is 3. The van der Waals surface area contributed by atoms with Gasteiger partial charge >= 0.3 is 11.9 Å². The van der Waals surface area contributed by atoms with Crippen LogP contribution in [0.15, 0.2) is 72.8 Å². The number of fused-ring (bicyclic) bond motifs is 2. The van der Waals surface area contributed by atoms with Crippen LogP contribution in [0.3, 0.4) is 0 Å². The zero-order valence-corrected chi connectivity index (χ0v) is 38.3. The zero-order chi connectivity index (χ0) is 48.2. The van der Waals surface area contributed by atoms with Gasteiger partial charge in [0.15, 0.2) is 34.6 Å². The molecule has 69 heavy (non-hydrogen) atoms. The topological polar surface area (TPSA) is 141 Å². The van der Waals surface area contributed by atoms with E-state index in [0.717, 1.165) is 11.1 Å². The highest BCUT2D eigenvalue weighted by molar-refractivity contribution is 6.03. The van der Waals surface area contributed by atoms with Gasteiger partial charge in [0.25, 0.3) is 0 Å². The molecule has 2 fully saturated rings. The van der Waals surface area contributed by atoms with Crippen LogP contribution in [0.1, 0.15) is 96.3 Å². The highest BCUT2D eigenvalue weighted by Crippen LogP contribution is 2.45. The monoisotopic (exact) mass is 964 g/mol. The third-order valence-electron chi connectivity index (χ3n) is 13.8. The molecular formula is C53H64F4N2O10. The van der Waals surface area contributed by atoms with Crippen molar-refractivity contribution in [1.29, 1.82) is 0 Å². The van der Waals surface area contributed by atoms with E-state index in [1.165, 1.54) is 47.7 Å². The lowest BCUT2D eigenvalue weighted by molar-refractivity contribution is -0.152. The molecule has 0 amide bonds. The number of benzene rings is 4. The van der Waals surface area contributed by atoms with Crippen molar-refractivity contribution in [2.24, 2.45) is 11.8 Å². The van der Waals surface area contributed by atoms with Gasteiger partial charge in [-0.15, -0.1) is 0 Å². The van der Waals surface area contributed by atoms with Crippen molar-refractivity contribution < 1.29 is 65.5 Å². The number of Topliss-reactive ketones (excluding diaryl/α,β-unsaturated/α-hetero) is 2. The highest BCUT2D eigenvalue weighted by atomic mass is 19.2. The molecule has 6 atom stereocenters. The fourth-order valence-electron chi connectivity index (χ4n) is 10.2. The largest absolute Gasteiger partial charge is 0.493 e. The van der Waals surface area contributed by atoms with Crippen LogP contribution in [0, 0.1) is 23.5 Å². The first kappa shape index (κ1) is 53.9. The number of carboxylic acids is 1. The summed E-state index contributed by atoms with van der Waals surface area (Å²) >= 11 is 0. The van der Waals surface area contributed by atoms with Crippen molar-refractivity contribution in [1.82, 2.24) is 9.80 Å². The Labute approximate surface area is 401 Å². The minimum atomic E-state index is -1.80. The van der Waals surface area contributed by atoms with Gasteiger partial charge in [-0.3, -0.25) is 29.0 Å². The van der Waals surface area contributed by atoms with Gasteiger partial charge in [0.05, 0.1) is 35.5 Å². The highest BCUT2D eigenvalue weighted by Gasteiger charge is 2.49. The summed E-state index contributed by atoms with van der Waals surface area (Å²) < 4.78 is 86.5. The van der Waals surface area contributed by atoms with Gasteiger partial charge in [0.2, 0.25) is 0 Å². The second-order valence-electron chi connectivity index (χ2n) is 17.9. The van der Waals surface area contributed by atoms with Gasteiger partial charge in [-0.25, -0.2) is 17.6 Å². The van der Waals surface area contributed by atoms with Gasteiger partial charge in [0.1, 0.15) is 35.1 Å². The van der Waals surface area contributed by atoms with Crippen LogP contribution in [0.2, 0.25) is 0 Å². The Morgan fingerprint density at radius 3 is 1.38 bits per heavy atom. The number of nitrogens with zero attached hydrogens (tertiary/aromatic N) is 2. The van der Waals surface area contributed by atoms with Crippen molar-refractivity contribution in [3.63, 3.8) is 0 Å². The van der Waals surface area contributed by atoms with Gasteiger partial charge in [0, 0.05) is 73.1 Å². The molecule has 6 unspecified atom stereocenters. The first-order chi connectivity index (χ1) is 32.0. The molecule has 1 N–H and O–H groups in total. The number of hydrogen-bond acceptors (Lipinski definition) is 11. The van der Waals surface area contributed by atoms with Crippen molar-refractivity contribution in [3.8, 4) is 23.0 Å². The molecule has 12 nitrogen and oxygen atoms in total. The third-order valence-corrected chi connectivity index (χ3v) is 13.8. The summed E-state index contributed by atoms with van der Waals surface area (Å²) in [6.07, 6.45) is 0.595. The number of alkyl halides is 2. The van der Waals surface area contributed by atoms with E-state index in [9.17, 15) is 33.1 Å². The normalized spacial score (nSPS) is 24.1. The summed E-state index contributed by atoms with van der Waals surface area (Å²) in [4.78, 5) is 53.9. The van der Waals surface area contributed by atoms with E-state index in [0.29, 0.717) is 58.1 Å². The van der Waals surface area contributed by atoms with E-state index in [1.807, 2.05) is 0 Å². The van der Waals surface area contributed by atoms with Crippen LogP contribution in [0.4, 0.5) is 17.6 Å². The Hall–Kier alpha value is -6.00. The summed E-state index contributed by atoms with van der Waals surface area (Å²) in [6.45, 7) is 0.681. The van der Waals surface area contributed by atoms with Crippen molar-refractivity contribution >= 4 is 23.5 Å². The van der Waals surface area contributed by atoms with Crippen molar-refractivity contribution in [3.05, 3.63) is 118 Å². The molecule has 2 aliphatic carbocycles. The molecule has 2 saturated heterocycles. The fraction of sp³-hybridized carbons (Fsp3) is 0.472. The lowest BCUT2D eigenvalue weighted by Gasteiger charge is -2.42. The second-order valence-corrected chi connectivity index (χ2v) is 17.9. The summed E-state index contributed by atoms with van der Waals surface area (Å²) in [5, 5.41) is 9.76. The number of methoxy groups -OCH3 is 5. The molecule has 2 heterocycles. The van der Waals surface area contributed by atoms with Gasteiger partial charge in [-0.05, 0) is 86.1 Å². The van der Waals surface area contributed by atoms with Gasteiger partial charge in [-0.2, -0.15) is 0 Å². The number of carbonyl (C=O) groups is 4. The van der Waals surface area contributed by atoms with E-state index in [-0.39, 0.29) is 96.9 Å². The molecule has 0 aromatic heterocycles. The quantitative estimate of drug-likeness (QED) is 0.0951. The average Bonchev–Trinajstić information content (AvgIpc) is 3.79. The van der Waals surface area contributed by atoms with E-state index >= 15 is 8.78 Å². The molecule has 4 aromatic rings. The maximum Gasteiger partial charge on any atom is 0.323 e. The second kappa shape index (κ2) is 22.6. The molecular weight excluding hydrogens is 901 g/mol. The van der Waals surface area contributed by atoms with Gasteiger partial charge in [-0.1, -0.05) is 51.3 Å². The molecule has 0 bridgehead atoms. The van der Waals surface area contributed by atoms with Gasteiger partial charge < -0.3 is 28.8 Å². The summed E-state index contributed by atoms with van der Waals surface area (Å²) in [6, 6.07) is 17.3. The number of esters is 1. The number of likely N-dealkylation sites (tertiary alicyclic amines) is 2. The van der Waals surface area contributed by atoms with Crippen LogP contribution in [0.5, 0.6) is 23.0 Å². The minimum absolute atomic E-state index is 0. The minimum Gasteiger partial charge on any atom is -0.493 e. The number of carboxylic acid groups (broad SMARTS) is 1. The zero-order valence-electron chi connectivity index (χ0n) is 38.3. The van der Waals surface area contributed by atoms with Crippen LogP contribution in [0.25, 0.3) is 0 Å². The van der Waals surface area contributed by atoms with Crippen molar-refractivity contribution in [2.75, 3.05) is 48.6 Å². The summed E-state index contributed by atoms with van der Waals surface area (Å²) in [5.74, 6) is -1.98. The first-order valence-corrected chi connectivity index (χ1v) is 22.2. The number of hydrogen-bond donors (Lipinski definition) is 1. The molecule has 0 radical (unpaired) electrons. The number of piperidine rings is 2. The predicted molar refractivity (Wildman–Crippen MR) is 252 cm³/mol. The number of halogens is 4. The molecule has 4 aromatic carbocycles. The van der Waals surface area contributed by atoms with E-state index in [4.69, 9.17) is 23.7 Å². The molecule has 4 aliphatic rings. The number of aliphatic carboxylic acids is 1. The molecule has 8 rings (SSSR count). The molecule has 374 valence electrons. The predicted octanol–water partition coefficient (Wildman–Crippen LogP) is 9.45. The Morgan fingerprint density at radius 2 is 1.00 bits per heavy atom. The average molecular weight is 965 g/mol. The number of ketones is 2. The molecule has 16 heteroatoms. The Bertz CT molecular complexity index is 2510. The summed E-state index contributed by atoms with van der Waals surface area (Å²) in [5.41, 5.74) is -0.116. The van der Waals surface area contributed by atoms with Crippen LogP contribution in [-0.2, 0) is 40.3 Å². The fourth-order valence-corrected chi connectivity index (χ4v) is 10.2. The summed E-state index contributed by atoms with van der Waals surface area (Å²) in [7, 11) is 7.28. The lowest BCUT2D eigenvalue weighted by Crippen LogP contribution is -2.52. The molecule has 0 saturated carbocycles. The molecule has 0 spiro atoms. The van der Waals surface area contributed by atoms with E-state index in [2.05, 4.69) is 0 Å². The lowest BCUT2D eigenvalue weighted by atomic mass is 9.79. The van der Waals surface area contributed by atoms with Crippen LogP contribution in [-0.4, -0.2) is 110 Å². The molecule has 2 aliphatic heterocycles. The Kier molecular flexibility index (Phi) is 17.7. The van der Waals surface area contributed by atoms with Crippen LogP contribution >= 0.6 is 0 Å².